The normalized spacial score (nSPS) is 10.3. The first-order valence-corrected chi connectivity index (χ1v) is 10.8. The van der Waals surface area contributed by atoms with Crippen molar-refractivity contribution in [1.82, 2.24) is 9.69 Å². The van der Waals surface area contributed by atoms with Crippen LogP contribution in [0.1, 0.15) is 22.3 Å². The average Bonchev–Trinajstić information content (AvgIpc) is 3.19. The summed E-state index contributed by atoms with van der Waals surface area (Å²) in [6.45, 7) is 1.87. The number of anilines is 3. The van der Waals surface area contributed by atoms with Crippen molar-refractivity contribution < 1.29 is 24.3 Å². The molecule has 0 radical (unpaired) electrons. The van der Waals surface area contributed by atoms with E-state index in [1.165, 1.54) is 0 Å². The van der Waals surface area contributed by atoms with Crippen molar-refractivity contribution >= 4 is 51.8 Å². The molecule has 0 aliphatic carbocycles. The third-order valence-electron chi connectivity index (χ3n) is 4.52. The maximum absolute atomic E-state index is 12.2. The van der Waals surface area contributed by atoms with Crippen LogP contribution in [0, 0.1) is 6.92 Å². The number of amides is 5. The van der Waals surface area contributed by atoms with Gasteiger partial charge in [-0.25, -0.2) is 9.59 Å². The first-order chi connectivity index (χ1) is 16.2. The second-order valence-electron chi connectivity index (χ2n) is 7.15. The zero-order chi connectivity index (χ0) is 24.7. The van der Waals surface area contributed by atoms with Gasteiger partial charge in [0.2, 0.25) is 0 Å². The van der Waals surface area contributed by atoms with E-state index < -0.39 is 23.9 Å². The van der Waals surface area contributed by atoms with Crippen LogP contribution >= 0.6 is 11.5 Å². The number of nitrogens with zero attached hydrogens (tertiary/aromatic N) is 1. The fraction of sp³-hybridized carbons (Fsp3) is 0.136. The average molecular weight is 483 g/mol. The van der Waals surface area contributed by atoms with E-state index in [1.807, 2.05) is 19.1 Å². The zero-order valence-electron chi connectivity index (χ0n) is 18.0. The molecule has 0 saturated heterocycles. The van der Waals surface area contributed by atoms with Crippen LogP contribution in [0.2, 0.25) is 0 Å². The molecule has 0 bridgehead atoms. The molecule has 7 N–H and O–H groups in total. The highest BCUT2D eigenvalue weighted by atomic mass is 32.1. The molecule has 12 heteroatoms. The molecule has 176 valence electrons. The number of carboxylic acid groups (broad SMARTS) is 1. The van der Waals surface area contributed by atoms with Crippen molar-refractivity contribution in [3.63, 3.8) is 0 Å². The fourth-order valence-corrected chi connectivity index (χ4v) is 3.68. The predicted molar refractivity (Wildman–Crippen MR) is 129 cm³/mol. The van der Waals surface area contributed by atoms with E-state index in [0.717, 1.165) is 17.1 Å². The van der Waals surface area contributed by atoms with Crippen LogP contribution in [-0.2, 0) is 4.79 Å². The fourth-order valence-electron chi connectivity index (χ4n) is 2.87. The first-order valence-electron chi connectivity index (χ1n) is 10.0. The van der Waals surface area contributed by atoms with Gasteiger partial charge >= 0.3 is 18.0 Å². The van der Waals surface area contributed by atoms with Crippen LogP contribution in [0.15, 0.2) is 48.5 Å². The lowest BCUT2D eigenvalue weighted by molar-refractivity contribution is -0.136. The second kappa shape index (κ2) is 10.9. The molecule has 1 aromatic heterocycles. The van der Waals surface area contributed by atoms with Gasteiger partial charge in [0.05, 0.1) is 12.1 Å². The molecule has 0 saturated carbocycles. The minimum atomic E-state index is -1.05. The molecule has 5 amide bonds. The van der Waals surface area contributed by atoms with Crippen molar-refractivity contribution in [2.24, 2.45) is 5.73 Å². The standard InChI is InChI=1S/C22H22N6O5S/c1-12-2-6-14(7-3-12)25-22(33)26-15-8-4-13(5-9-15)18-17(19(23)31)20(34-28-18)27-21(32)24-11-10-16(29)30/h2-9H,10-11H2,1H3,(H2,23,31)(H,29,30)(H2,24,27,32)(H2,25,26,33). The minimum absolute atomic E-state index is 0.0243. The first kappa shape index (κ1) is 24.2. The van der Waals surface area contributed by atoms with E-state index in [9.17, 15) is 19.2 Å². The van der Waals surface area contributed by atoms with Gasteiger partial charge in [-0.1, -0.05) is 29.8 Å². The molecule has 34 heavy (non-hydrogen) atoms. The highest BCUT2D eigenvalue weighted by molar-refractivity contribution is 7.11. The number of aliphatic carboxylic acids is 1. The quantitative estimate of drug-likeness (QED) is 0.286. The molecule has 0 atom stereocenters. The van der Waals surface area contributed by atoms with Gasteiger partial charge in [-0.2, -0.15) is 4.37 Å². The van der Waals surface area contributed by atoms with Gasteiger partial charge in [0, 0.05) is 23.5 Å². The Morgan fingerprint density at radius 1 is 0.912 bits per heavy atom. The van der Waals surface area contributed by atoms with E-state index in [-0.39, 0.29) is 29.2 Å². The largest absolute Gasteiger partial charge is 0.481 e. The van der Waals surface area contributed by atoms with Gasteiger partial charge in [-0.15, -0.1) is 0 Å². The molecule has 0 spiro atoms. The summed E-state index contributed by atoms with van der Waals surface area (Å²) < 4.78 is 4.23. The molecule has 3 rings (SSSR count). The van der Waals surface area contributed by atoms with Crippen molar-refractivity contribution in [1.29, 1.82) is 0 Å². The number of carbonyl (C=O) groups is 4. The number of nitrogens with two attached hydrogens (primary N) is 1. The van der Waals surface area contributed by atoms with Crippen molar-refractivity contribution in [3.05, 3.63) is 59.7 Å². The molecule has 0 fully saturated rings. The summed E-state index contributed by atoms with van der Waals surface area (Å²) >= 11 is 0.866. The highest BCUT2D eigenvalue weighted by Gasteiger charge is 2.21. The molecular weight excluding hydrogens is 460 g/mol. The number of aryl methyl sites for hydroxylation is 1. The molecule has 11 nitrogen and oxygen atoms in total. The number of carbonyl (C=O) groups excluding carboxylic acids is 3. The maximum atomic E-state index is 12.2. The lowest BCUT2D eigenvalue weighted by atomic mass is 10.1. The molecule has 0 aliphatic heterocycles. The smallest absolute Gasteiger partial charge is 0.323 e. The summed E-state index contributed by atoms with van der Waals surface area (Å²) in [5.41, 5.74) is 8.60. The summed E-state index contributed by atoms with van der Waals surface area (Å²) in [6, 6.07) is 12.8. The highest BCUT2D eigenvalue weighted by Crippen LogP contribution is 2.32. The van der Waals surface area contributed by atoms with Crippen LogP contribution in [0.25, 0.3) is 11.3 Å². The molecule has 2 aromatic carbocycles. The number of benzene rings is 2. The summed E-state index contributed by atoms with van der Waals surface area (Å²) in [5, 5.41) is 19.1. The van der Waals surface area contributed by atoms with Gasteiger partial charge in [-0.05, 0) is 42.7 Å². The number of urea groups is 2. The predicted octanol–water partition coefficient (Wildman–Crippen LogP) is 3.46. The number of aromatic nitrogens is 1. The molecule has 3 aromatic rings. The Morgan fingerprint density at radius 2 is 1.50 bits per heavy atom. The number of rotatable bonds is 8. The Kier molecular flexibility index (Phi) is 7.77. The van der Waals surface area contributed by atoms with E-state index in [0.29, 0.717) is 16.9 Å². The number of hydrogen-bond acceptors (Lipinski definition) is 6. The lowest BCUT2D eigenvalue weighted by Gasteiger charge is -2.09. The van der Waals surface area contributed by atoms with Crippen LogP contribution in [0.5, 0.6) is 0 Å². The van der Waals surface area contributed by atoms with Gasteiger partial charge in [0.15, 0.2) is 0 Å². The third-order valence-corrected chi connectivity index (χ3v) is 5.28. The van der Waals surface area contributed by atoms with Gasteiger partial charge in [-0.3, -0.25) is 14.9 Å². The van der Waals surface area contributed by atoms with Gasteiger partial charge in [0.1, 0.15) is 10.6 Å². The summed E-state index contributed by atoms with van der Waals surface area (Å²) in [5.74, 6) is -1.84. The molecule has 1 heterocycles. The van der Waals surface area contributed by atoms with Gasteiger partial charge in [0.25, 0.3) is 5.91 Å². The Morgan fingerprint density at radius 3 is 2.06 bits per heavy atom. The Labute approximate surface area is 198 Å². The SMILES string of the molecule is Cc1ccc(NC(=O)Nc2ccc(-c3nsc(NC(=O)NCCC(=O)O)c3C(N)=O)cc2)cc1. The van der Waals surface area contributed by atoms with Crippen LogP contribution in [0.4, 0.5) is 26.0 Å². The monoisotopic (exact) mass is 482 g/mol. The minimum Gasteiger partial charge on any atom is -0.481 e. The van der Waals surface area contributed by atoms with Crippen molar-refractivity contribution in [3.8, 4) is 11.3 Å². The Hall–Kier alpha value is -4.45. The second-order valence-corrected chi connectivity index (χ2v) is 7.92. The van der Waals surface area contributed by atoms with Crippen LogP contribution in [0.3, 0.4) is 0 Å². The maximum Gasteiger partial charge on any atom is 0.323 e. The van der Waals surface area contributed by atoms with Crippen molar-refractivity contribution in [2.75, 3.05) is 22.5 Å². The molecule has 0 unspecified atom stereocenters. The van der Waals surface area contributed by atoms with Crippen LogP contribution < -0.4 is 27.0 Å². The number of carboxylic acids is 1. The third kappa shape index (κ3) is 6.53. The number of hydrogen-bond donors (Lipinski definition) is 6. The molecular formula is C22H22N6O5S. The number of nitrogens with one attached hydrogen (secondary N) is 4. The number of primary amides is 1. The van der Waals surface area contributed by atoms with Crippen molar-refractivity contribution in [2.45, 2.75) is 13.3 Å². The topological polar surface area (TPSA) is 176 Å². The van der Waals surface area contributed by atoms with E-state index in [4.69, 9.17) is 10.8 Å². The van der Waals surface area contributed by atoms with E-state index in [1.54, 1.807) is 36.4 Å². The summed E-state index contributed by atoms with van der Waals surface area (Å²) in [4.78, 5) is 46.8. The molecule has 0 aliphatic rings. The van der Waals surface area contributed by atoms with E-state index >= 15 is 0 Å². The Balaban J connectivity index is 1.68. The lowest BCUT2D eigenvalue weighted by Crippen LogP contribution is -2.31. The summed E-state index contributed by atoms with van der Waals surface area (Å²) in [7, 11) is 0. The van der Waals surface area contributed by atoms with E-state index in [2.05, 4.69) is 25.6 Å². The zero-order valence-corrected chi connectivity index (χ0v) is 18.9. The van der Waals surface area contributed by atoms with Crippen LogP contribution in [-0.4, -0.2) is 40.0 Å². The Bertz CT molecular complexity index is 1210. The van der Waals surface area contributed by atoms with Gasteiger partial charge < -0.3 is 26.8 Å². The summed E-state index contributed by atoms with van der Waals surface area (Å²) in [6.07, 6.45) is -0.243.